The summed E-state index contributed by atoms with van der Waals surface area (Å²) in [6.07, 6.45) is 0. The molecular formula is C16H20FN5O3. The van der Waals surface area contributed by atoms with E-state index in [-0.39, 0.29) is 11.8 Å². The first-order valence-electron chi connectivity index (χ1n) is 7.53. The zero-order valence-electron chi connectivity index (χ0n) is 14.2. The van der Waals surface area contributed by atoms with E-state index in [1.807, 2.05) is 0 Å². The highest BCUT2D eigenvalue weighted by atomic mass is 19.1. The van der Waals surface area contributed by atoms with Gasteiger partial charge in [-0.25, -0.2) is 9.18 Å². The van der Waals surface area contributed by atoms with E-state index in [4.69, 9.17) is 9.47 Å². The predicted molar refractivity (Wildman–Crippen MR) is 91.8 cm³/mol. The molecule has 25 heavy (non-hydrogen) atoms. The number of nitrogens with one attached hydrogen (secondary N) is 3. The molecule has 3 N–H and O–H groups in total. The minimum absolute atomic E-state index is 0.175. The number of nitrogens with zero attached hydrogens (tertiary/aromatic N) is 2. The summed E-state index contributed by atoms with van der Waals surface area (Å²) in [5, 5.41) is 8.23. The molecule has 0 atom stereocenters. The van der Waals surface area contributed by atoms with Gasteiger partial charge in [-0.1, -0.05) is 6.07 Å². The molecule has 0 aliphatic rings. The van der Waals surface area contributed by atoms with Crippen LogP contribution in [0.25, 0.3) is 0 Å². The highest BCUT2D eigenvalue weighted by Crippen LogP contribution is 2.16. The first-order valence-corrected chi connectivity index (χ1v) is 7.53. The zero-order valence-corrected chi connectivity index (χ0v) is 14.2. The van der Waals surface area contributed by atoms with E-state index < -0.39 is 6.03 Å². The molecular weight excluding hydrogens is 329 g/mol. The Bertz CT molecular complexity index is 719. The van der Waals surface area contributed by atoms with Crippen LogP contribution >= 0.6 is 0 Å². The number of hydrogen-bond donors (Lipinski definition) is 3. The summed E-state index contributed by atoms with van der Waals surface area (Å²) in [4.78, 5) is 19.9. The third kappa shape index (κ3) is 5.48. The van der Waals surface area contributed by atoms with Crippen LogP contribution in [0.15, 0.2) is 24.3 Å². The Kier molecular flexibility index (Phi) is 6.33. The number of amides is 2. The smallest absolute Gasteiger partial charge is 0.321 e. The summed E-state index contributed by atoms with van der Waals surface area (Å²) >= 11 is 0. The van der Waals surface area contributed by atoms with Crippen molar-refractivity contribution in [2.24, 2.45) is 0 Å². The van der Waals surface area contributed by atoms with Crippen LogP contribution in [-0.4, -0.2) is 43.3 Å². The van der Waals surface area contributed by atoms with Gasteiger partial charge in [-0.05, 0) is 24.6 Å². The molecule has 9 heteroatoms. The van der Waals surface area contributed by atoms with Crippen LogP contribution < -0.4 is 25.4 Å². The maximum absolute atomic E-state index is 13.4. The fourth-order valence-electron chi connectivity index (χ4n) is 1.90. The number of aromatic nitrogens is 2. The van der Waals surface area contributed by atoms with Crippen LogP contribution in [-0.2, 0) is 0 Å². The van der Waals surface area contributed by atoms with Crippen molar-refractivity contribution in [3.8, 4) is 11.9 Å². The standard InChI is InChI=1S/C16H20FN5O3/c1-10-4-5-11(8-12(10)17)20-15(23)19-7-6-18-13-9-14(24-2)22-16(21-13)25-3/h4-5,8-9H,6-7H2,1-3H3,(H,18,21,22)(H2,19,20,23). The lowest BCUT2D eigenvalue weighted by molar-refractivity contribution is 0.252. The second kappa shape index (κ2) is 8.67. The number of benzene rings is 1. The van der Waals surface area contributed by atoms with Crippen molar-refractivity contribution in [2.45, 2.75) is 6.92 Å². The van der Waals surface area contributed by atoms with Crippen molar-refractivity contribution in [2.75, 3.05) is 37.9 Å². The van der Waals surface area contributed by atoms with Gasteiger partial charge < -0.3 is 25.4 Å². The highest BCUT2D eigenvalue weighted by Gasteiger charge is 2.06. The Morgan fingerprint density at radius 3 is 2.64 bits per heavy atom. The summed E-state index contributed by atoms with van der Waals surface area (Å²) in [5.74, 6) is 0.499. The second-order valence-corrected chi connectivity index (χ2v) is 5.05. The van der Waals surface area contributed by atoms with Gasteiger partial charge in [-0.3, -0.25) is 0 Å². The fraction of sp³-hybridized carbons (Fsp3) is 0.312. The van der Waals surface area contributed by atoms with E-state index in [0.717, 1.165) is 0 Å². The van der Waals surface area contributed by atoms with Gasteiger partial charge in [0.1, 0.15) is 11.6 Å². The van der Waals surface area contributed by atoms with Crippen LogP contribution in [0, 0.1) is 12.7 Å². The highest BCUT2D eigenvalue weighted by molar-refractivity contribution is 5.89. The van der Waals surface area contributed by atoms with E-state index in [1.54, 1.807) is 25.1 Å². The van der Waals surface area contributed by atoms with E-state index in [9.17, 15) is 9.18 Å². The lowest BCUT2D eigenvalue weighted by atomic mass is 10.2. The van der Waals surface area contributed by atoms with Gasteiger partial charge in [0.05, 0.1) is 14.2 Å². The van der Waals surface area contributed by atoms with Gasteiger partial charge in [0.15, 0.2) is 0 Å². The van der Waals surface area contributed by atoms with Crippen LogP contribution in [0.5, 0.6) is 11.9 Å². The number of rotatable bonds is 7. The second-order valence-electron chi connectivity index (χ2n) is 5.05. The van der Waals surface area contributed by atoms with Crippen molar-refractivity contribution in [3.63, 3.8) is 0 Å². The normalized spacial score (nSPS) is 10.1. The number of ether oxygens (including phenoxy) is 2. The fourth-order valence-corrected chi connectivity index (χ4v) is 1.90. The molecule has 0 aliphatic heterocycles. The van der Waals surface area contributed by atoms with E-state index >= 15 is 0 Å². The molecule has 2 rings (SSSR count). The Balaban J connectivity index is 1.78. The van der Waals surface area contributed by atoms with Gasteiger partial charge in [0.25, 0.3) is 0 Å². The Hall–Kier alpha value is -3.10. The number of carbonyl (C=O) groups is 1. The SMILES string of the molecule is COc1cc(NCCNC(=O)Nc2ccc(C)c(F)c2)nc(OC)n1. The van der Waals surface area contributed by atoms with Crippen LogP contribution in [0.2, 0.25) is 0 Å². The summed E-state index contributed by atoms with van der Waals surface area (Å²) < 4.78 is 23.5. The molecule has 0 saturated carbocycles. The minimum Gasteiger partial charge on any atom is -0.481 e. The molecule has 2 aromatic rings. The summed E-state index contributed by atoms with van der Waals surface area (Å²) in [6, 6.07) is 5.86. The maximum atomic E-state index is 13.4. The van der Waals surface area contributed by atoms with Crippen molar-refractivity contribution in [1.82, 2.24) is 15.3 Å². The van der Waals surface area contributed by atoms with Crippen molar-refractivity contribution < 1.29 is 18.7 Å². The first kappa shape index (κ1) is 18.2. The molecule has 0 fully saturated rings. The third-order valence-corrected chi connectivity index (χ3v) is 3.22. The lowest BCUT2D eigenvalue weighted by Gasteiger charge is -2.10. The minimum atomic E-state index is -0.428. The van der Waals surface area contributed by atoms with Crippen molar-refractivity contribution in [1.29, 1.82) is 0 Å². The molecule has 1 aromatic heterocycles. The molecule has 8 nitrogen and oxygen atoms in total. The van der Waals surface area contributed by atoms with Gasteiger partial charge in [-0.2, -0.15) is 9.97 Å². The molecule has 1 heterocycles. The summed E-state index contributed by atoms with van der Waals surface area (Å²) in [6.45, 7) is 2.40. The number of anilines is 2. The number of halogens is 1. The Morgan fingerprint density at radius 1 is 1.16 bits per heavy atom. The van der Waals surface area contributed by atoms with E-state index in [1.165, 1.54) is 20.3 Å². The molecule has 0 unspecified atom stereocenters. The average Bonchev–Trinajstić information content (AvgIpc) is 2.61. The van der Waals surface area contributed by atoms with Gasteiger partial charge in [-0.15, -0.1) is 0 Å². The average molecular weight is 349 g/mol. The molecule has 0 saturated heterocycles. The number of hydrogen-bond acceptors (Lipinski definition) is 6. The predicted octanol–water partition coefficient (Wildman–Crippen LogP) is 2.17. The maximum Gasteiger partial charge on any atom is 0.321 e. The molecule has 0 spiro atoms. The number of urea groups is 1. The third-order valence-electron chi connectivity index (χ3n) is 3.22. The quantitative estimate of drug-likeness (QED) is 0.663. The Labute approximate surface area is 144 Å². The zero-order chi connectivity index (χ0) is 18.2. The topological polar surface area (TPSA) is 97.4 Å². The number of aryl methyl sites for hydroxylation is 1. The van der Waals surface area contributed by atoms with Gasteiger partial charge in [0.2, 0.25) is 5.88 Å². The van der Waals surface area contributed by atoms with E-state index in [0.29, 0.717) is 36.0 Å². The van der Waals surface area contributed by atoms with Crippen LogP contribution in [0.1, 0.15) is 5.56 Å². The Morgan fingerprint density at radius 2 is 1.96 bits per heavy atom. The number of carbonyl (C=O) groups excluding carboxylic acids is 1. The largest absolute Gasteiger partial charge is 0.481 e. The molecule has 2 amide bonds. The molecule has 0 bridgehead atoms. The van der Waals surface area contributed by atoms with Crippen molar-refractivity contribution >= 4 is 17.5 Å². The summed E-state index contributed by atoms with van der Waals surface area (Å²) in [7, 11) is 2.95. The first-order chi connectivity index (χ1) is 12.0. The molecule has 134 valence electrons. The van der Waals surface area contributed by atoms with Gasteiger partial charge in [0, 0.05) is 24.8 Å². The van der Waals surface area contributed by atoms with Crippen LogP contribution in [0.4, 0.5) is 20.7 Å². The molecule has 0 radical (unpaired) electrons. The van der Waals surface area contributed by atoms with Gasteiger partial charge >= 0.3 is 12.0 Å². The van der Waals surface area contributed by atoms with Crippen LogP contribution in [0.3, 0.4) is 0 Å². The van der Waals surface area contributed by atoms with E-state index in [2.05, 4.69) is 25.9 Å². The molecule has 0 aliphatic carbocycles. The lowest BCUT2D eigenvalue weighted by Crippen LogP contribution is -2.32. The van der Waals surface area contributed by atoms with Crippen molar-refractivity contribution in [3.05, 3.63) is 35.6 Å². The molecule has 1 aromatic carbocycles. The monoisotopic (exact) mass is 349 g/mol. The summed E-state index contributed by atoms with van der Waals surface area (Å²) in [5.41, 5.74) is 0.907. The number of methoxy groups -OCH3 is 2.